The number of hydrogen-bond acceptors (Lipinski definition) is 7. The van der Waals surface area contributed by atoms with Crippen molar-refractivity contribution < 1.29 is 14.4 Å². The van der Waals surface area contributed by atoms with Crippen LogP contribution in [0.25, 0.3) is 22.0 Å². The molecule has 1 aliphatic heterocycles. The Labute approximate surface area is 245 Å². The number of nitrogens with zero attached hydrogens (tertiary/aromatic N) is 6. The van der Waals surface area contributed by atoms with Gasteiger partial charge in [0, 0.05) is 36.3 Å². The van der Waals surface area contributed by atoms with Crippen molar-refractivity contribution >= 4 is 50.2 Å². The third-order valence-electron chi connectivity index (χ3n) is 8.73. The first-order chi connectivity index (χ1) is 19.5. The summed E-state index contributed by atoms with van der Waals surface area (Å²) in [6.07, 6.45) is 4.05. The number of hydrogen-bond donors (Lipinski definition) is 1. The highest BCUT2D eigenvalue weighted by atomic mass is 79.9. The lowest BCUT2D eigenvalue weighted by atomic mass is 9.98. The van der Waals surface area contributed by atoms with Crippen LogP contribution in [-0.4, -0.2) is 59.3 Å². The summed E-state index contributed by atoms with van der Waals surface area (Å²) < 4.78 is 2.19. The van der Waals surface area contributed by atoms with E-state index in [1.54, 1.807) is 22.0 Å². The molecule has 6 rings (SSSR count). The molecule has 210 valence electrons. The van der Waals surface area contributed by atoms with Crippen molar-refractivity contribution in [3.8, 4) is 11.1 Å². The van der Waals surface area contributed by atoms with Crippen molar-refractivity contribution in [3.63, 3.8) is 0 Å². The molecule has 11 heteroatoms. The molecule has 2 aliphatic rings. The molecular formula is C30H30BrN7O3. The van der Waals surface area contributed by atoms with Crippen LogP contribution in [0, 0.1) is 25.2 Å². The summed E-state index contributed by atoms with van der Waals surface area (Å²) >= 11 is 3.36. The van der Waals surface area contributed by atoms with Crippen LogP contribution in [0.5, 0.6) is 0 Å². The van der Waals surface area contributed by atoms with Gasteiger partial charge in [0.15, 0.2) is 5.78 Å². The number of benzene rings is 1. The van der Waals surface area contributed by atoms with E-state index >= 15 is 0 Å². The number of pyridine rings is 1. The zero-order valence-corrected chi connectivity index (χ0v) is 25.1. The van der Waals surface area contributed by atoms with Gasteiger partial charge in [-0.25, -0.2) is 15.0 Å². The summed E-state index contributed by atoms with van der Waals surface area (Å²) in [6, 6.07) is 8.67. The smallest absolute Gasteiger partial charge is 0.248 e. The molecule has 1 N–H and O–H groups in total. The van der Waals surface area contributed by atoms with Gasteiger partial charge >= 0.3 is 0 Å². The predicted molar refractivity (Wildman–Crippen MR) is 157 cm³/mol. The van der Waals surface area contributed by atoms with Gasteiger partial charge < -0.3 is 10.2 Å². The highest BCUT2D eigenvalue weighted by Crippen LogP contribution is 2.64. The van der Waals surface area contributed by atoms with Crippen molar-refractivity contribution in [3.05, 3.63) is 64.4 Å². The molecule has 0 unspecified atom stereocenters. The quantitative estimate of drug-likeness (QED) is 0.245. The number of likely N-dealkylation sites (tertiary alicyclic amines) is 1. The zero-order chi connectivity index (χ0) is 29.2. The Kier molecular flexibility index (Phi) is 6.52. The fourth-order valence-electron chi connectivity index (χ4n) is 6.21. The Bertz CT molecular complexity index is 1730. The Morgan fingerprint density at radius 3 is 2.54 bits per heavy atom. The minimum Gasteiger partial charge on any atom is -0.325 e. The molecule has 4 heterocycles. The second-order valence-electron chi connectivity index (χ2n) is 11.4. The van der Waals surface area contributed by atoms with Gasteiger partial charge in [0.05, 0.1) is 5.52 Å². The van der Waals surface area contributed by atoms with Gasteiger partial charge in [0.25, 0.3) is 0 Å². The first-order valence-electron chi connectivity index (χ1n) is 13.5. The molecule has 2 fully saturated rings. The molecule has 2 amide bonds. The summed E-state index contributed by atoms with van der Waals surface area (Å²) in [5.41, 5.74) is 3.33. The normalized spacial score (nSPS) is 23.0. The molecule has 1 aromatic carbocycles. The molecule has 1 saturated heterocycles. The molecule has 0 radical (unpaired) electrons. The van der Waals surface area contributed by atoms with Gasteiger partial charge in [-0.2, -0.15) is 5.10 Å². The number of carbonyl (C=O) groups excluding carboxylic acids is 3. The van der Waals surface area contributed by atoms with Crippen molar-refractivity contribution in [2.24, 2.45) is 11.3 Å². The number of anilines is 1. The largest absolute Gasteiger partial charge is 0.325 e. The monoisotopic (exact) mass is 615 g/mol. The van der Waals surface area contributed by atoms with E-state index < -0.39 is 6.04 Å². The summed E-state index contributed by atoms with van der Waals surface area (Å²) in [5.74, 6) is 0.753. The highest BCUT2D eigenvalue weighted by molar-refractivity contribution is 9.10. The molecule has 3 aromatic heterocycles. The fraction of sp³-hybridized carbons (Fsp3) is 0.367. The van der Waals surface area contributed by atoms with Crippen LogP contribution in [-0.2, 0) is 16.1 Å². The third-order valence-corrected chi connectivity index (χ3v) is 9.17. The van der Waals surface area contributed by atoms with Crippen LogP contribution in [0.2, 0.25) is 0 Å². The maximum Gasteiger partial charge on any atom is 0.248 e. The molecule has 1 saturated carbocycles. The van der Waals surface area contributed by atoms with Gasteiger partial charge in [0.2, 0.25) is 11.8 Å². The first-order valence-corrected chi connectivity index (χ1v) is 14.3. The van der Waals surface area contributed by atoms with E-state index in [-0.39, 0.29) is 41.5 Å². The number of aromatic nitrogens is 5. The number of aryl methyl sites for hydroxylation is 2. The molecule has 0 spiro atoms. The van der Waals surface area contributed by atoms with Gasteiger partial charge in [-0.15, -0.1) is 0 Å². The van der Waals surface area contributed by atoms with E-state index in [1.807, 2.05) is 44.2 Å². The lowest BCUT2D eigenvalue weighted by Crippen LogP contribution is -2.47. The first kappa shape index (κ1) is 27.2. The highest BCUT2D eigenvalue weighted by Gasteiger charge is 2.70. The average molecular weight is 617 g/mol. The topological polar surface area (TPSA) is 123 Å². The Balaban J connectivity index is 1.31. The van der Waals surface area contributed by atoms with Crippen LogP contribution < -0.4 is 5.32 Å². The molecular weight excluding hydrogens is 586 g/mol. The van der Waals surface area contributed by atoms with Gasteiger partial charge in [-0.05, 0) is 76.9 Å². The van der Waals surface area contributed by atoms with Crippen LogP contribution in [0.4, 0.5) is 5.82 Å². The minimum absolute atomic E-state index is 0.0374. The van der Waals surface area contributed by atoms with Crippen LogP contribution in [0.3, 0.4) is 0 Å². The number of piperidine rings is 1. The summed E-state index contributed by atoms with van der Waals surface area (Å²) in [6.45, 7) is 9.32. The number of Topliss-reactive ketones (excluding diaryl/α,β-unsaturated/α-hetero) is 1. The van der Waals surface area contributed by atoms with Gasteiger partial charge in [0.1, 0.15) is 34.5 Å². The van der Waals surface area contributed by atoms with Crippen LogP contribution >= 0.6 is 15.9 Å². The summed E-state index contributed by atoms with van der Waals surface area (Å²) in [7, 11) is 0. The van der Waals surface area contributed by atoms with E-state index in [0.717, 1.165) is 16.7 Å². The number of ketones is 1. The van der Waals surface area contributed by atoms with E-state index in [2.05, 4.69) is 55.1 Å². The maximum absolute atomic E-state index is 13.9. The molecule has 4 aromatic rings. The van der Waals surface area contributed by atoms with Crippen LogP contribution in [0.15, 0.2) is 47.3 Å². The molecule has 1 aliphatic carbocycles. The molecule has 10 nitrogen and oxygen atoms in total. The van der Waals surface area contributed by atoms with Crippen molar-refractivity contribution in [2.75, 3.05) is 5.32 Å². The number of nitrogens with one attached hydrogen (secondary N) is 1. The van der Waals surface area contributed by atoms with E-state index in [9.17, 15) is 14.4 Å². The second kappa shape index (κ2) is 9.83. The number of fused-ring (bicyclic) bond motifs is 2. The second-order valence-corrected chi connectivity index (χ2v) is 12.2. The van der Waals surface area contributed by atoms with Crippen molar-refractivity contribution in [1.29, 1.82) is 0 Å². The average Bonchev–Trinajstić information content (AvgIpc) is 3.21. The standard InChI is InChI=1S/C30H30BrN7O3/c1-15-6-9-24(31)34-28(15)35-29(41)23-11-30(5)16(2)27(30)38(23)25(40)14-37-22-8-7-19(20-12-32-18(4)33-13-20)10-21(22)26(36-37)17(3)39/h6-10,12-13,16,23,27H,11,14H2,1-5H3,(H,34,35,41)/t16-,23-,27+,30-/m1/s1. The number of rotatable bonds is 6. The molecule has 0 bridgehead atoms. The SMILES string of the molecule is CC(=O)c1nn(CC(=O)N2[C@@H](C(=O)Nc3nc(Br)ccc3C)C[C@]3(C)[C@H](C)[C@H]23)c2ccc(-c3cnc(C)nc3)cc12. The molecule has 4 atom stereocenters. The number of amides is 2. The Morgan fingerprint density at radius 2 is 1.83 bits per heavy atom. The Morgan fingerprint density at radius 1 is 1.10 bits per heavy atom. The summed E-state index contributed by atoms with van der Waals surface area (Å²) in [5, 5.41) is 8.15. The van der Waals surface area contributed by atoms with Crippen molar-refractivity contribution in [1.82, 2.24) is 29.6 Å². The minimum atomic E-state index is -0.629. The molecule has 41 heavy (non-hydrogen) atoms. The van der Waals surface area contributed by atoms with E-state index in [1.165, 1.54) is 6.92 Å². The Hall–Kier alpha value is -3.99. The van der Waals surface area contributed by atoms with Crippen molar-refractivity contribution in [2.45, 2.75) is 59.7 Å². The maximum atomic E-state index is 13.9. The van der Waals surface area contributed by atoms with E-state index in [4.69, 9.17) is 0 Å². The fourth-order valence-corrected chi connectivity index (χ4v) is 6.52. The predicted octanol–water partition coefficient (Wildman–Crippen LogP) is 4.73. The lowest BCUT2D eigenvalue weighted by molar-refractivity contribution is -0.138. The third kappa shape index (κ3) is 4.61. The van der Waals surface area contributed by atoms with Crippen LogP contribution in [0.1, 0.15) is 49.1 Å². The number of carbonyl (C=O) groups is 3. The summed E-state index contributed by atoms with van der Waals surface area (Å²) in [4.78, 5) is 54.7. The van der Waals surface area contributed by atoms with E-state index in [0.29, 0.717) is 39.3 Å². The van der Waals surface area contributed by atoms with Gasteiger partial charge in [-0.1, -0.05) is 26.0 Å². The number of halogens is 1. The lowest BCUT2D eigenvalue weighted by Gasteiger charge is -2.28. The van der Waals surface area contributed by atoms with Gasteiger partial charge in [-0.3, -0.25) is 19.1 Å². The zero-order valence-electron chi connectivity index (χ0n) is 23.5.